The molecule has 2 aromatic heterocycles. The summed E-state index contributed by atoms with van der Waals surface area (Å²) in [6, 6.07) is 2.86. The molecule has 0 bridgehead atoms. The van der Waals surface area contributed by atoms with Gasteiger partial charge in [0.2, 0.25) is 11.8 Å². The maximum Gasteiger partial charge on any atom is 0.416 e. The number of aliphatic hydroxyl groups excluding tert-OH is 1. The molecule has 178 valence electrons. The number of halogens is 4. The smallest absolute Gasteiger partial charge is 0.416 e. The van der Waals surface area contributed by atoms with E-state index in [9.17, 15) is 27.2 Å². The van der Waals surface area contributed by atoms with Crippen LogP contribution < -0.4 is 15.6 Å². The van der Waals surface area contributed by atoms with Crippen LogP contribution in [0, 0.1) is 5.82 Å². The molecule has 1 amide bonds. The van der Waals surface area contributed by atoms with Crippen LogP contribution in [0.5, 0.6) is 5.88 Å². The molecule has 3 rings (SSSR count). The van der Waals surface area contributed by atoms with Gasteiger partial charge in [-0.25, -0.2) is 8.91 Å². The maximum atomic E-state index is 14.7. The molecule has 2 heterocycles. The molecule has 0 unspecified atom stereocenters. The van der Waals surface area contributed by atoms with Crippen LogP contribution in [0.1, 0.15) is 25.8 Å². The predicted octanol–water partition coefficient (Wildman–Crippen LogP) is 2.61. The maximum absolute atomic E-state index is 14.7. The summed E-state index contributed by atoms with van der Waals surface area (Å²) < 4.78 is 61.7. The zero-order valence-corrected chi connectivity index (χ0v) is 17.8. The lowest BCUT2D eigenvalue weighted by atomic mass is 10.1. The fourth-order valence-electron chi connectivity index (χ4n) is 3.16. The number of nitrogens with one attached hydrogen (secondary N) is 1. The van der Waals surface area contributed by atoms with E-state index in [1.54, 1.807) is 13.8 Å². The number of aliphatic hydroxyl groups is 1. The van der Waals surface area contributed by atoms with E-state index in [0.717, 1.165) is 15.3 Å². The first-order valence-corrected chi connectivity index (χ1v) is 10.0. The Kier molecular flexibility index (Phi) is 7.06. The number of ether oxygens (including phenoxy) is 1. The van der Waals surface area contributed by atoms with Crippen LogP contribution in [-0.2, 0) is 17.5 Å². The van der Waals surface area contributed by atoms with Crippen molar-refractivity contribution in [2.45, 2.75) is 39.0 Å². The summed E-state index contributed by atoms with van der Waals surface area (Å²) in [4.78, 5) is 25.5. The average molecular weight is 470 g/mol. The molecular weight excluding hydrogens is 448 g/mol. The Morgan fingerprint density at radius 2 is 2.00 bits per heavy atom. The van der Waals surface area contributed by atoms with E-state index in [-0.39, 0.29) is 36.3 Å². The summed E-state index contributed by atoms with van der Waals surface area (Å²) in [7, 11) is 0. The van der Waals surface area contributed by atoms with Crippen LogP contribution in [0.25, 0.3) is 16.8 Å². The normalized spacial score (nSPS) is 11.9. The summed E-state index contributed by atoms with van der Waals surface area (Å²) in [5, 5.41) is 15.5. The highest BCUT2D eigenvalue weighted by Crippen LogP contribution is 2.33. The fourth-order valence-corrected chi connectivity index (χ4v) is 3.16. The lowest BCUT2D eigenvalue weighted by Crippen LogP contribution is -2.37. The Labute approximate surface area is 185 Å². The van der Waals surface area contributed by atoms with Gasteiger partial charge < -0.3 is 15.2 Å². The standard InChI is InChI=1S/C21H22F4N4O4/c1-12(2)26-18(31)11-28-17(14-8-13(21(23,24)25)4-5-15(14)22)10-29-16(20(28)32)9-19(27-29)33-7-3-6-30/h4-5,8-10,12,30H,3,6-7,11H2,1-2H3,(H,26,31). The number of hydrogen-bond donors (Lipinski definition) is 2. The van der Waals surface area contributed by atoms with Gasteiger partial charge in [0.1, 0.15) is 17.9 Å². The van der Waals surface area contributed by atoms with Crippen LogP contribution in [0.3, 0.4) is 0 Å². The van der Waals surface area contributed by atoms with Crippen LogP contribution in [0.2, 0.25) is 0 Å². The topological polar surface area (TPSA) is 97.9 Å². The molecule has 0 aliphatic rings. The number of carbonyl (C=O) groups excluding carboxylic acids is 1. The zero-order valence-electron chi connectivity index (χ0n) is 17.8. The number of rotatable bonds is 8. The van der Waals surface area contributed by atoms with Gasteiger partial charge in [-0.1, -0.05) is 0 Å². The van der Waals surface area contributed by atoms with Crippen molar-refractivity contribution in [2.75, 3.05) is 13.2 Å². The number of aromatic nitrogens is 3. The summed E-state index contributed by atoms with van der Waals surface area (Å²) >= 11 is 0. The third-order valence-corrected chi connectivity index (χ3v) is 4.59. The van der Waals surface area contributed by atoms with Crippen molar-refractivity contribution in [2.24, 2.45) is 0 Å². The van der Waals surface area contributed by atoms with E-state index in [2.05, 4.69) is 10.4 Å². The molecule has 0 fully saturated rings. The number of amides is 1. The molecule has 0 atom stereocenters. The Balaban J connectivity index is 2.20. The van der Waals surface area contributed by atoms with E-state index >= 15 is 0 Å². The van der Waals surface area contributed by atoms with Crippen molar-refractivity contribution in [1.82, 2.24) is 19.5 Å². The van der Waals surface area contributed by atoms with Gasteiger partial charge in [-0.2, -0.15) is 13.2 Å². The highest BCUT2D eigenvalue weighted by molar-refractivity contribution is 5.77. The van der Waals surface area contributed by atoms with Gasteiger partial charge in [-0.15, -0.1) is 5.10 Å². The third-order valence-electron chi connectivity index (χ3n) is 4.59. The van der Waals surface area contributed by atoms with Gasteiger partial charge in [0.15, 0.2) is 0 Å². The van der Waals surface area contributed by atoms with Crippen LogP contribution in [-0.4, -0.2) is 44.5 Å². The van der Waals surface area contributed by atoms with Crippen molar-refractivity contribution in [3.63, 3.8) is 0 Å². The summed E-state index contributed by atoms with van der Waals surface area (Å²) in [5.74, 6) is -1.56. The first-order valence-electron chi connectivity index (χ1n) is 10.0. The number of hydrogen-bond acceptors (Lipinski definition) is 5. The van der Waals surface area contributed by atoms with E-state index in [0.29, 0.717) is 24.6 Å². The summed E-state index contributed by atoms with van der Waals surface area (Å²) in [6.45, 7) is 2.84. The van der Waals surface area contributed by atoms with E-state index in [1.165, 1.54) is 6.07 Å². The van der Waals surface area contributed by atoms with Crippen LogP contribution in [0.15, 0.2) is 35.3 Å². The Morgan fingerprint density at radius 3 is 2.64 bits per heavy atom. The molecule has 12 heteroatoms. The minimum Gasteiger partial charge on any atom is -0.476 e. The molecule has 0 saturated carbocycles. The Bertz CT molecular complexity index is 1220. The number of alkyl halides is 3. The van der Waals surface area contributed by atoms with Crippen molar-refractivity contribution in [3.8, 4) is 17.1 Å². The molecule has 0 saturated heterocycles. The van der Waals surface area contributed by atoms with Crippen LogP contribution in [0.4, 0.5) is 17.6 Å². The molecular formula is C21H22F4N4O4. The fraction of sp³-hybridized carbons (Fsp3) is 0.381. The molecule has 33 heavy (non-hydrogen) atoms. The second-order valence-electron chi connectivity index (χ2n) is 7.56. The minimum atomic E-state index is -4.74. The lowest BCUT2D eigenvalue weighted by Gasteiger charge is -2.16. The second kappa shape index (κ2) is 9.61. The second-order valence-corrected chi connectivity index (χ2v) is 7.56. The van der Waals surface area contributed by atoms with Crippen LogP contribution >= 0.6 is 0 Å². The molecule has 0 aliphatic carbocycles. The number of carbonyl (C=O) groups is 1. The predicted molar refractivity (Wildman–Crippen MR) is 110 cm³/mol. The van der Waals surface area contributed by atoms with Crippen molar-refractivity contribution < 1.29 is 32.2 Å². The highest BCUT2D eigenvalue weighted by atomic mass is 19.4. The zero-order chi connectivity index (χ0) is 24.3. The monoisotopic (exact) mass is 470 g/mol. The number of benzene rings is 1. The first-order chi connectivity index (χ1) is 15.5. The lowest BCUT2D eigenvalue weighted by molar-refractivity contribution is -0.137. The van der Waals surface area contributed by atoms with Gasteiger partial charge in [-0.05, 0) is 32.0 Å². The van der Waals surface area contributed by atoms with Crippen molar-refractivity contribution in [1.29, 1.82) is 0 Å². The van der Waals surface area contributed by atoms with Gasteiger partial charge in [0.05, 0.1) is 24.1 Å². The van der Waals surface area contributed by atoms with E-state index in [1.807, 2.05) is 0 Å². The van der Waals surface area contributed by atoms with E-state index in [4.69, 9.17) is 9.84 Å². The molecule has 0 aliphatic heterocycles. The van der Waals surface area contributed by atoms with Gasteiger partial charge >= 0.3 is 6.18 Å². The minimum absolute atomic E-state index is 0.0255. The molecule has 0 spiro atoms. The number of fused-ring (bicyclic) bond motifs is 1. The molecule has 1 aromatic carbocycles. The summed E-state index contributed by atoms with van der Waals surface area (Å²) in [5.41, 5.74) is -2.69. The Hall–Kier alpha value is -3.41. The SMILES string of the molecule is CC(C)NC(=O)Cn1c(-c2cc(C(F)(F)F)ccc2F)cn2nc(OCCCO)cc2c1=O. The average Bonchev–Trinajstić information content (AvgIpc) is 3.12. The summed E-state index contributed by atoms with van der Waals surface area (Å²) in [6.07, 6.45) is -3.27. The van der Waals surface area contributed by atoms with E-state index < -0.39 is 41.1 Å². The molecule has 2 N–H and O–H groups in total. The quantitative estimate of drug-likeness (QED) is 0.390. The highest BCUT2D eigenvalue weighted by Gasteiger charge is 2.32. The van der Waals surface area contributed by atoms with Crippen molar-refractivity contribution >= 4 is 11.4 Å². The molecule has 3 aromatic rings. The van der Waals surface area contributed by atoms with Gasteiger partial charge in [-0.3, -0.25) is 14.2 Å². The van der Waals surface area contributed by atoms with Crippen molar-refractivity contribution in [3.05, 3.63) is 52.2 Å². The largest absolute Gasteiger partial charge is 0.476 e. The van der Waals surface area contributed by atoms with Gasteiger partial charge in [0.25, 0.3) is 5.56 Å². The third kappa shape index (κ3) is 5.51. The molecule has 0 radical (unpaired) electrons. The number of nitrogens with zero attached hydrogens (tertiary/aromatic N) is 3. The Morgan fingerprint density at radius 1 is 1.27 bits per heavy atom. The molecule has 8 nitrogen and oxygen atoms in total. The first kappa shape index (κ1) is 24.2. The van der Waals surface area contributed by atoms with Gasteiger partial charge in [0, 0.05) is 30.7 Å².